The van der Waals surface area contributed by atoms with Crippen LogP contribution in [-0.4, -0.2) is 12.5 Å². The van der Waals surface area contributed by atoms with Crippen molar-refractivity contribution in [3.8, 4) is 5.75 Å². The summed E-state index contributed by atoms with van der Waals surface area (Å²) < 4.78 is 32.3. The Balaban J connectivity index is 1.87. The van der Waals surface area contributed by atoms with E-state index in [1.54, 1.807) is 18.2 Å². The van der Waals surface area contributed by atoms with Gasteiger partial charge in [-0.1, -0.05) is 11.6 Å². The zero-order valence-electron chi connectivity index (χ0n) is 11.4. The lowest BCUT2D eigenvalue weighted by Gasteiger charge is -2.27. The molecule has 0 saturated heterocycles. The average Bonchev–Trinajstić information content (AvgIpc) is 2.50. The molecule has 3 nitrogen and oxygen atoms in total. The van der Waals surface area contributed by atoms with E-state index in [-0.39, 0.29) is 11.6 Å². The van der Waals surface area contributed by atoms with Gasteiger partial charge in [-0.15, -0.1) is 0 Å². The predicted molar refractivity (Wildman–Crippen MR) is 78.1 cm³/mol. The normalized spacial score (nSPS) is 16.6. The number of amides is 1. The Morgan fingerprint density at radius 1 is 1.23 bits per heavy atom. The molecule has 2 aromatic rings. The molecule has 1 N–H and O–H groups in total. The monoisotopic (exact) mass is 323 g/mol. The van der Waals surface area contributed by atoms with Gasteiger partial charge in [0, 0.05) is 17.0 Å². The van der Waals surface area contributed by atoms with Gasteiger partial charge >= 0.3 is 0 Å². The van der Waals surface area contributed by atoms with Crippen LogP contribution in [-0.2, 0) is 0 Å². The van der Waals surface area contributed by atoms with Gasteiger partial charge in [0.05, 0.1) is 18.2 Å². The number of ether oxygens (including phenoxy) is 1. The van der Waals surface area contributed by atoms with Gasteiger partial charge in [0.15, 0.2) is 0 Å². The first-order valence-electron chi connectivity index (χ1n) is 6.73. The lowest BCUT2D eigenvalue weighted by atomic mass is 10.00. The van der Waals surface area contributed by atoms with E-state index in [1.165, 1.54) is 0 Å². The minimum atomic E-state index is -0.766. The highest BCUT2D eigenvalue weighted by molar-refractivity contribution is 6.30. The van der Waals surface area contributed by atoms with Crippen LogP contribution >= 0.6 is 11.6 Å². The van der Waals surface area contributed by atoms with Gasteiger partial charge in [-0.25, -0.2) is 8.78 Å². The van der Waals surface area contributed by atoms with Gasteiger partial charge in [0.1, 0.15) is 17.4 Å². The van der Waals surface area contributed by atoms with Crippen LogP contribution in [0.1, 0.15) is 28.4 Å². The highest BCUT2D eigenvalue weighted by Gasteiger charge is 2.25. The van der Waals surface area contributed by atoms with Crippen molar-refractivity contribution in [1.82, 2.24) is 5.32 Å². The molecule has 0 saturated carbocycles. The van der Waals surface area contributed by atoms with Crippen LogP contribution in [0, 0.1) is 11.6 Å². The Bertz CT molecular complexity index is 736. The van der Waals surface area contributed by atoms with Crippen molar-refractivity contribution >= 4 is 17.5 Å². The SMILES string of the molecule is O=C(NC1CCOc2ccc(Cl)cc21)c1cc(F)ccc1F. The van der Waals surface area contributed by atoms with Gasteiger partial charge < -0.3 is 10.1 Å². The second-order valence-corrected chi connectivity index (χ2v) is 5.41. The zero-order chi connectivity index (χ0) is 15.7. The standard InChI is InChI=1S/C16H12ClF2NO2/c17-9-1-4-15-12(7-9)14(5-6-22-15)20-16(21)11-8-10(18)2-3-13(11)19/h1-4,7-8,14H,5-6H2,(H,20,21). The second-order valence-electron chi connectivity index (χ2n) is 4.97. The van der Waals surface area contributed by atoms with E-state index in [0.717, 1.165) is 23.8 Å². The number of benzene rings is 2. The highest BCUT2D eigenvalue weighted by atomic mass is 35.5. The van der Waals surface area contributed by atoms with Gasteiger partial charge in [-0.3, -0.25) is 4.79 Å². The number of carbonyl (C=O) groups is 1. The summed E-state index contributed by atoms with van der Waals surface area (Å²) in [6.07, 6.45) is 0.524. The largest absolute Gasteiger partial charge is 0.493 e. The molecule has 22 heavy (non-hydrogen) atoms. The van der Waals surface area contributed by atoms with Crippen LogP contribution in [0.15, 0.2) is 36.4 Å². The molecular weight excluding hydrogens is 312 g/mol. The van der Waals surface area contributed by atoms with Gasteiger partial charge in [0.2, 0.25) is 0 Å². The molecule has 0 aliphatic carbocycles. The third-order valence-electron chi connectivity index (χ3n) is 3.49. The van der Waals surface area contributed by atoms with Crippen molar-refractivity contribution in [2.75, 3.05) is 6.61 Å². The fraction of sp³-hybridized carbons (Fsp3) is 0.188. The minimum Gasteiger partial charge on any atom is -0.493 e. The zero-order valence-corrected chi connectivity index (χ0v) is 12.2. The molecule has 1 atom stereocenters. The molecular formula is C16H12ClF2NO2. The summed E-state index contributed by atoms with van der Waals surface area (Å²) in [6.45, 7) is 0.422. The first-order valence-corrected chi connectivity index (χ1v) is 7.10. The maximum absolute atomic E-state index is 13.7. The van der Waals surface area contributed by atoms with Crippen LogP contribution in [0.25, 0.3) is 0 Å². The van der Waals surface area contributed by atoms with Crippen molar-refractivity contribution < 1.29 is 18.3 Å². The third kappa shape index (κ3) is 2.90. The van der Waals surface area contributed by atoms with Gasteiger partial charge in [-0.2, -0.15) is 0 Å². The summed E-state index contributed by atoms with van der Waals surface area (Å²) in [6, 6.07) is 7.52. The van der Waals surface area contributed by atoms with Crippen LogP contribution < -0.4 is 10.1 Å². The number of fused-ring (bicyclic) bond motifs is 1. The van der Waals surface area contributed by atoms with Crippen molar-refractivity contribution in [2.24, 2.45) is 0 Å². The number of rotatable bonds is 2. The molecule has 0 bridgehead atoms. The van der Waals surface area contributed by atoms with E-state index >= 15 is 0 Å². The lowest BCUT2D eigenvalue weighted by Crippen LogP contribution is -2.32. The number of halogens is 3. The number of hydrogen-bond acceptors (Lipinski definition) is 2. The minimum absolute atomic E-state index is 0.324. The van der Waals surface area contributed by atoms with Crippen LogP contribution in [0.5, 0.6) is 5.75 Å². The van der Waals surface area contributed by atoms with E-state index in [4.69, 9.17) is 16.3 Å². The highest BCUT2D eigenvalue weighted by Crippen LogP contribution is 2.34. The van der Waals surface area contributed by atoms with E-state index in [1.807, 2.05) is 0 Å². The Labute approximate surface area is 130 Å². The molecule has 1 heterocycles. The Kier molecular flexibility index (Phi) is 3.98. The summed E-state index contributed by atoms with van der Waals surface area (Å²) in [4.78, 5) is 12.2. The maximum atomic E-state index is 13.7. The Hall–Kier alpha value is -2.14. The molecule has 0 aromatic heterocycles. The lowest BCUT2D eigenvalue weighted by molar-refractivity contribution is 0.0920. The van der Waals surface area contributed by atoms with Gasteiger partial charge in [0.25, 0.3) is 5.91 Å². The Morgan fingerprint density at radius 3 is 2.86 bits per heavy atom. The molecule has 6 heteroatoms. The summed E-state index contributed by atoms with van der Waals surface area (Å²) in [7, 11) is 0. The number of hydrogen-bond donors (Lipinski definition) is 1. The van der Waals surface area contributed by atoms with Crippen molar-refractivity contribution in [3.05, 3.63) is 64.2 Å². The molecule has 1 amide bonds. The molecule has 2 aromatic carbocycles. The molecule has 1 aliphatic rings. The molecule has 1 unspecified atom stereocenters. The van der Waals surface area contributed by atoms with Crippen LogP contribution in [0.2, 0.25) is 5.02 Å². The fourth-order valence-corrected chi connectivity index (χ4v) is 2.60. The molecule has 0 radical (unpaired) electrons. The molecule has 0 spiro atoms. The fourth-order valence-electron chi connectivity index (χ4n) is 2.42. The van der Waals surface area contributed by atoms with Crippen molar-refractivity contribution in [2.45, 2.75) is 12.5 Å². The van der Waals surface area contributed by atoms with Crippen LogP contribution in [0.4, 0.5) is 8.78 Å². The summed E-state index contributed by atoms with van der Waals surface area (Å²) >= 11 is 5.96. The van der Waals surface area contributed by atoms with E-state index in [2.05, 4.69) is 5.32 Å². The van der Waals surface area contributed by atoms with E-state index < -0.39 is 17.5 Å². The summed E-state index contributed by atoms with van der Waals surface area (Å²) in [5.74, 6) is -1.48. The third-order valence-corrected chi connectivity index (χ3v) is 3.72. The van der Waals surface area contributed by atoms with E-state index in [9.17, 15) is 13.6 Å². The molecule has 114 valence electrons. The number of carbonyl (C=O) groups excluding carboxylic acids is 1. The van der Waals surface area contributed by atoms with E-state index in [0.29, 0.717) is 23.8 Å². The van der Waals surface area contributed by atoms with Crippen LogP contribution in [0.3, 0.4) is 0 Å². The summed E-state index contributed by atoms with van der Waals surface area (Å²) in [5.41, 5.74) is 0.402. The predicted octanol–water partition coefficient (Wildman–Crippen LogP) is 3.87. The Morgan fingerprint density at radius 2 is 2.05 bits per heavy atom. The molecule has 1 aliphatic heterocycles. The molecule has 0 fully saturated rings. The summed E-state index contributed by atoms with van der Waals surface area (Å²) in [5, 5.41) is 3.22. The number of nitrogens with one attached hydrogen (secondary N) is 1. The first-order chi connectivity index (χ1) is 10.5. The second kappa shape index (κ2) is 5.93. The maximum Gasteiger partial charge on any atom is 0.254 e. The average molecular weight is 324 g/mol. The molecule has 3 rings (SSSR count). The van der Waals surface area contributed by atoms with Crippen molar-refractivity contribution in [1.29, 1.82) is 0 Å². The van der Waals surface area contributed by atoms with Crippen molar-refractivity contribution in [3.63, 3.8) is 0 Å². The van der Waals surface area contributed by atoms with Gasteiger partial charge in [-0.05, 0) is 36.4 Å². The first kappa shape index (κ1) is 14.8. The topological polar surface area (TPSA) is 38.3 Å². The quantitative estimate of drug-likeness (QED) is 0.911. The smallest absolute Gasteiger partial charge is 0.254 e.